The van der Waals surface area contributed by atoms with E-state index < -0.39 is 18.4 Å². The summed E-state index contributed by atoms with van der Waals surface area (Å²) in [6, 6.07) is 2.42. The van der Waals surface area contributed by atoms with Crippen molar-refractivity contribution in [2.24, 2.45) is 0 Å². The number of aryl methyl sites for hydroxylation is 2. The Balaban J connectivity index is 1.68. The van der Waals surface area contributed by atoms with E-state index in [2.05, 4.69) is 15.3 Å². The number of hydrogen-bond acceptors (Lipinski definition) is 5. The smallest absolute Gasteiger partial charge is 0.341 e. The first-order valence-electron chi connectivity index (χ1n) is 9.35. The van der Waals surface area contributed by atoms with E-state index in [1.165, 1.54) is 18.9 Å². The van der Waals surface area contributed by atoms with Crippen LogP contribution in [0, 0.1) is 19.7 Å². The van der Waals surface area contributed by atoms with E-state index in [1.807, 2.05) is 0 Å². The van der Waals surface area contributed by atoms with Crippen LogP contribution in [0.5, 0.6) is 0 Å². The minimum absolute atomic E-state index is 0.0251. The highest BCUT2D eigenvalue weighted by Crippen LogP contribution is 2.20. The van der Waals surface area contributed by atoms with Crippen molar-refractivity contribution in [1.29, 1.82) is 0 Å². The summed E-state index contributed by atoms with van der Waals surface area (Å²) in [5, 5.41) is 2.91. The fourth-order valence-corrected chi connectivity index (χ4v) is 3.36. The zero-order valence-electron chi connectivity index (χ0n) is 15.7. The molecule has 1 heterocycles. The molecule has 1 aromatic carbocycles. The molecular weight excluding hydrogens is 349 g/mol. The molecule has 27 heavy (non-hydrogen) atoms. The number of nitrogens with one attached hydrogen (secondary N) is 1. The number of fused-ring (bicyclic) bond motifs is 1. The molecule has 0 spiro atoms. The largest absolute Gasteiger partial charge is 0.452 e. The SMILES string of the molecule is Cc1nc2cc(F)cc(C(=O)OCC(=O)NC3CCCCCC3)c2nc1C. The van der Waals surface area contributed by atoms with Crippen LogP contribution in [0.2, 0.25) is 0 Å². The van der Waals surface area contributed by atoms with Crippen LogP contribution in [0.4, 0.5) is 4.39 Å². The van der Waals surface area contributed by atoms with Crippen LogP contribution in [0.15, 0.2) is 12.1 Å². The van der Waals surface area contributed by atoms with Gasteiger partial charge < -0.3 is 10.1 Å². The Morgan fingerprint density at radius 2 is 1.78 bits per heavy atom. The second-order valence-electron chi connectivity index (χ2n) is 7.05. The van der Waals surface area contributed by atoms with Crippen molar-refractivity contribution in [3.63, 3.8) is 0 Å². The topological polar surface area (TPSA) is 81.2 Å². The second kappa shape index (κ2) is 8.41. The van der Waals surface area contributed by atoms with Gasteiger partial charge in [0.2, 0.25) is 0 Å². The standard InChI is InChI=1S/C20H24FN3O3/c1-12-13(2)23-19-16(9-14(21)10-17(19)22-12)20(26)27-11-18(25)24-15-7-5-3-4-6-8-15/h9-10,15H,3-8,11H2,1-2H3,(H,24,25). The number of aromatic nitrogens is 2. The Morgan fingerprint density at radius 1 is 1.11 bits per heavy atom. The molecule has 2 aromatic rings. The van der Waals surface area contributed by atoms with Crippen LogP contribution < -0.4 is 5.32 Å². The molecule has 1 amide bonds. The maximum absolute atomic E-state index is 13.9. The van der Waals surface area contributed by atoms with E-state index in [-0.39, 0.29) is 28.5 Å². The second-order valence-corrected chi connectivity index (χ2v) is 7.05. The maximum Gasteiger partial charge on any atom is 0.341 e. The molecule has 0 bridgehead atoms. The zero-order valence-corrected chi connectivity index (χ0v) is 15.7. The Hall–Kier alpha value is -2.57. The van der Waals surface area contributed by atoms with Gasteiger partial charge in [-0.3, -0.25) is 4.79 Å². The van der Waals surface area contributed by atoms with Crippen molar-refractivity contribution in [1.82, 2.24) is 15.3 Å². The average molecular weight is 373 g/mol. The molecule has 0 radical (unpaired) electrons. The van der Waals surface area contributed by atoms with Gasteiger partial charge in [-0.05, 0) is 32.8 Å². The van der Waals surface area contributed by atoms with Crippen LogP contribution in [-0.2, 0) is 9.53 Å². The molecule has 0 aliphatic heterocycles. The van der Waals surface area contributed by atoms with Crippen LogP contribution in [-0.4, -0.2) is 34.5 Å². The van der Waals surface area contributed by atoms with E-state index in [1.54, 1.807) is 13.8 Å². The number of carbonyl (C=O) groups is 2. The Morgan fingerprint density at radius 3 is 2.48 bits per heavy atom. The molecule has 0 saturated heterocycles. The normalized spacial score (nSPS) is 15.4. The van der Waals surface area contributed by atoms with Crippen LogP contribution in [0.25, 0.3) is 11.0 Å². The van der Waals surface area contributed by atoms with E-state index in [0.29, 0.717) is 11.4 Å². The summed E-state index contributed by atoms with van der Waals surface area (Å²) in [6.07, 6.45) is 6.46. The minimum Gasteiger partial charge on any atom is -0.452 e. The number of rotatable bonds is 4. The lowest BCUT2D eigenvalue weighted by atomic mass is 10.1. The lowest BCUT2D eigenvalue weighted by Gasteiger charge is -2.16. The van der Waals surface area contributed by atoms with Gasteiger partial charge in [0.25, 0.3) is 5.91 Å². The third-order valence-electron chi connectivity index (χ3n) is 4.92. The first-order valence-corrected chi connectivity index (χ1v) is 9.35. The zero-order chi connectivity index (χ0) is 19.4. The molecule has 1 fully saturated rings. The predicted octanol–water partition coefficient (Wildman–Crippen LogP) is 3.38. The highest BCUT2D eigenvalue weighted by molar-refractivity contribution is 6.02. The van der Waals surface area contributed by atoms with Gasteiger partial charge in [-0.15, -0.1) is 0 Å². The Bertz CT molecular complexity index is 861. The molecule has 1 aromatic heterocycles. The number of nitrogens with zero attached hydrogens (tertiary/aromatic N) is 2. The molecule has 6 nitrogen and oxygen atoms in total. The van der Waals surface area contributed by atoms with Crippen molar-refractivity contribution in [3.8, 4) is 0 Å². The van der Waals surface area contributed by atoms with Gasteiger partial charge >= 0.3 is 5.97 Å². The Kier molecular flexibility index (Phi) is 5.98. The van der Waals surface area contributed by atoms with Gasteiger partial charge in [0.05, 0.1) is 22.5 Å². The van der Waals surface area contributed by atoms with Gasteiger partial charge in [-0.2, -0.15) is 0 Å². The lowest BCUT2D eigenvalue weighted by molar-refractivity contribution is -0.125. The molecule has 1 aliphatic carbocycles. The number of ether oxygens (including phenoxy) is 1. The number of halogens is 1. The van der Waals surface area contributed by atoms with Gasteiger partial charge in [0.1, 0.15) is 11.3 Å². The number of carbonyl (C=O) groups excluding carboxylic acids is 2. The van der Waals surface area contributed by atoms with Crippen LogP contribution in [0.1, 0.15) is 60.3 Å². The summed E-state index contributed by atoms with van der Waals surface area (Å²) in [5.41, 5.74) is 1.84. The van der Waals surface area contributed by atoms with Gasteiger partial charge in [0.15, 0.2) is 6.61 Å². The first kappa shape index (κ1) is 19.2. The molecule has 0 atom stereocenters. The van der Waals surface area contributed by atoms with Crippen molar-refractivity contribution in [2.45, 2.75) is 58.4 Å². The maximum atomic E-state index is 13.9. The monoisotopic (exact) mass is 373 g/mol. The van der Waals surface area contributed by atoms with Crippen LogP contribution >= 0.6 is 0 Å². The van der Waals surface area contributed by atoms with Gasteiger partial charge in [-0.25, -0.2) is 19.2 Å². The van der Waals surface area contributed by atoms with Crippen molar-refractivity contribution in [3.05, 3.63) is 34.9 Å². The molecule has 7 heteroatoms. The summed E-state index contributed by atoms with van der Waals surface area (Å²) in [6.45, 7) is 3.13. The van der Waals surface area contributed by atoms with Crippen molar-refractivity contribution >= 4 is 22.9 Å². The Labute approximate surface area is 157 Å². The number of benzene rings is 1. The van der Waals surface area contributed by atoms with Crippen molar-refractivity contribution in [2.75, 3.05) is 6.61 Å². The van der Waals surface area contributed by atoms with Crippen LogP contribution in [0.3, 0.4) is 0 Å². The third-order valence-corrected chi connectivity index (χ3v) is 4.92. The van der Waals surface area contributed by atoms with Gasteiger partial charge in [-0.1, -0.05) is 25.7 Å². The fourth-order valence-electron chi connectivity index (χ4n) is 3.36. The van der Waals surface area contributed by atoms with E-state index in [4.69, 9.17) is 4.74 Å². The molecule has 3 rings (SSSR count). The van der Waals surface area contributed by atoms with E-state index in [0.717, 1.165) is 31.7 Å². The highest BCUT2D eigenvalue weighted by atomic mass is 19.1. The molecule has 1 saturated carbocycles. The summed E-state index contributed by atoms with van der Waals surface area (Å²) in [5.74, 6) is -1.72. The molecule has 1 N–H and O–H groups in total. The molecular formula is C20H24FN3O3. The average Bonchev–Trinajstić information content (AvgIpc) is 2.89. The summed E-state index contributed by atoms with van der Waals surface area (Å²) in [7, 11) is 0. The molecule has 144 valence electrons. The third kappa shape index (κ3) is 4.78. The summed E-state index contributed by atoms with van der Waals surface area (Å²) < 4.78 is 19.0. The minimum atomic E-state index is -0.784. The highest BCUT2D eigenvalue weighted by Gasteiger charge is 2.19. The van der Waals surface area contributed by atoms with E-state index in [9.17, 15) is 14.0 Å². The first-order chi connectivity index (χ1) is 12.9. The lowest BCUT2D eigenvalue weighted by Crippen LogP contribution is -2.37. The quantitative estimate of drug-likeness (QED) is 0.656. The molecule has 1 aliphatic rings. The van der Waals surface area contributed by atoms with Crippen molar-refractivity contribution < 1.29 is 18.7 Å². The predicted molar refractivity (Wildman–Crippen MR) is 98.9 cm³/mol. The number of esters is 1. The molecule has 0 unspecified atom stereocenters. The summed E-state index contributed by atoms with van der Waals surface area (Å²) >= 11 is 0. The van der Waals surface area contributed by atoms with E-state index >= 15 is 0 Å². The summed E-state index contributed by atoms with van der Waals surface area (Å²) in [4.78, 5) is 33.1. The number of hydrogen-bond donors (Lipinski definition) is 1. The fraction of sp³-hybridized carbons (Fsp3) is 0.500. The number of amides is 1. The van der Waals surface area contributed by atoms with Gasteiger partial charge in [0, 0.05) is 12.1 Å².